The Balaban J connectivity index is 2.23. The summed E-state index contributed by atoms with van der Waals surface area (Å²) >= 11 is 3.57. The molecule has 2 rings (SSSR count). The largest absolute Gasteiger partial charge is 0.497 e. The Bertz CT molecular complexity index is 525. The van der Waals surface area contributed by atoms with Gasteiger partial charge in [-0.05, 0) is 60.8 Å². The van der Waals surface area contributed by atoms with E-state index in [9.17, 15) is 9.90 Å². The van der Waals surface area contributed by atoms with Gasteiger partial charge in [-0.25, -0.2) is 0 Å². The van der Waals surface area contributed by atoms with E-state index in [0.29, 0.717) is 0 Å². The molecule has 0 heterocycles. The minimum Gasteiger partial charge on any atom is -0.497 e. The SMILES string of the molecule is COc1ccc(Br)c(CC2CC(C)(C)CCC2C(=O)O)c1. The molecule has 0 spiro atoms. The van der Waals surface area contributed by atoms with Crippen LogP contribution in [0.3, 0.4) is 0 Å². The molecule has 0 aromatic heterocycles. The first-order valence-corrected chi connectivity index (χ1v) is 8.17. The number of carboxylic acids is 1. The van der Waals surface area contributed by atoms with Crippen LogP contribution in [0.15, 0.2) is 22.7 Å². The molecule has 1 aliphatic rings. The van der Waals surface area contributed by atoms with Crippen LogP contribution in [0.5, 0.6) is 5.75 Å². The summed E-state index contributed by atoms with van der Waals surface area (Å²) in [5.74, 6) is 0.0930. The van der Waals surface area contributed by atoms with Crippen molar-refractivity contribution in [1.82, 2.24) is 0 Å². The number of benzene rings is 1. The number of carbonyl (C=O) groups is 1. The van der Waals surface area contributed by atoms with E-state index in [1.165, 1.54) is 0 Å². The highest BCUT2D eigenvalue weighted by Gasteiger charge is 2.38. The second-order valence-electron chi connectivity index (χ2n) is 6.77. The van der Waals surface area contributed by atoms with Gasteiger partial charge in [0, 0.05) is 4.47 Å². The standard InChI is InChI=1S/C17H23BrO3/c1-17(2)7-6-14(16(19)20)12(10-17)8-11-9-13(21-3)4-5-15(11)18/h4-5,9,12,14H,6-8,10H2,1-3H3,(H,19,20). The predicted octanol–water partition coefficient (Wildman–Crippen LogP) is 4.53. The highest BCUT2D eigenvalue weighted by atomic mass is 79.9. The van der Waals surface area contributed by atoms with Gasteiger partial charge in [0.1, 0.15) is 5.75 Å². The molecule has 4 heteroatoms. The lowest BCUT2D eigenvalue weighted by Gasteiger charge is -2.39. The van der Waals surface area contributed by atoms with E-state index in [-0.39, 0.29) is 17.3 Å². The quantitative estimate of drug-likeness (QED) is 0.863. The van der Waals surface area contributed by atoms with Crippen molar-refractivity contribution >= 4 is 21.9 Å². The average molecular weight is 355 g/mol. The van der Waals surface area contributed by atoms with E-state index < -0.39 is 5.97 Å². The van der Waals surface area contributed by atoms with Crippen molar-refractivity contribution in [2.24, 2.45) is 17.3 Å². The molecule has 1 saturated carbocycles. The van der Waals surface area contributed by atoms with Gasteiger partial charge in [0.05, 0.1) is 13.0 Å². The molecule has 1 aromatic carbocycles. The third kappa shape index (κ3) is 4.00. The molecule has 0 bridgehead atoms. The number of hydrogen-bond acceptors (Lipinski definition) is 2. The molecule has 0 saturated heterocycles. The van der Waals surface area contributed by atoms with Gasteiger partial charge in [-0.1, -0.05) is 29.8 Å². The highest BCUT2D eigenvalue weighted by molar-refractivity contribution is 9.10. The van der Waals surface area contributed by atoms with E-state index in [1.54, 1.807) is 7.11 Å². The molecule has 1 aromatic rings. The molecule has 3 nitrogen and oxygen atoms in total. The first-order valence-electron chi connectivity index (χ1n) is 7.37. The van der Waals surface area contributed by atoms with Crippen LogP contribution in [-0.2, 0) is 11.2 Å². The summed E-state index contributed by atoms with van der Waals surface area (Å²) in [6.45, 7) is 4.47. The van der Waals surface area contributed by atoms with E-state index >= 15 is 0 Å². The van der Waals surface area contributed by atoms with Gasteiger partial charge in [-0.3, -0.25) is 4.79 Å². The summed E-state index contributed by atoms with van der Waals surface area (Å²) in [5, 5.41) is 9.49. The normalized spacial score (nSPS) is 24.6. The molecule has 21 heavy (non-hydrogen) atoms. The fourth-order valence-corrected chi connectivity index (χ4v) is 3.80. The minimum atomic E-state index is -0.658. The van der Waals surface area contributed by atoms with Gasteiger partial charge in [-0.2, -0.15) is 0 Å². The highest BCUT2D eigenvalue weighted by Crippen LogP contribution is 2.44. The second kappa shape index (κ2) is 6.39. The van der Waals surface area contributed by atoms with E-state index in [0.717, 1.165) is 41.5 Å². The van der Waals surface area contributed by atoms with Crippen molar-refractivity contribution in [2.45, 2.75) is 39.5 Å². The number of hydrogen-bond donors (Lipinski definition) is 1. The van der Waals surface area contributed by atoms with Crippen LogP contribution in [0.2, 0.25) is 0 Å². The average Bonchev–Trinajstić information content (AvgIpc) is 2.40. The van der Waals surface area contributed by atoms with Gasteiger partial charge in [0.25, 0.3) is 0 Å². The minimum absolute atomic E-state index is 0.176. The van der Waals surface area contributed by atoms with Gasteiger partial charge in [0.2, 0.25) is 0 Å². The molecule has 0 aliphatic heterocycles. The van der Waals surface area contributed by atoms with Crippen molar-refractivity contribution in [2.75, 3.05) is 7.11 Å². The predicted molar refractivity (Wildman–Crippen MR) is 86.6 cm³/mol. The zero-order chi connectivity index (χ0) is 15.6. The number of methoxy groups -OCH3 is 1. The number of halogens is 1. The smallest absolute Gasteiger partial charge is 0.306 e. The van der Waals surface area contributed by atoms with Gasteiger partial charge in [-0.15, -0.1) is 0 Å². The van der Waals surface area contributed by atoms with Crippen LogP contribution in [0, 0.1) is 17.3 Å². The van der Waals surface area contributed by atoms with Crippen LogP contribution < -0.4 is 4.74 Å². The van der Waals surface area contributed by atoms with Crippen molar-refractivity contribution in [1.29, 1.82) is 0 Å². The fraction of sp³-hybridized carbons (Fsp3) is 0.588. The molecule has 0 amide bonds. The molecule has 1 N–H and O–H groups in total. The lowest BCUT2D eigenvalue weighted by molar-refractivity contribution is -0.146. The maximum atomic E-state index is 11.5. The summed E-state index contributed by atoms with van der Waals surface area (Å²) in [4.78, 5) is 11.5. The third-order valence-electron chi connectivity index (χ3n) is 4.57. The zero-order valence-electron chi connectivity index (χ0n) is 12.9. The molecule has 1 aliphatic carbocycles. The molecule has 116 valence electrons. The zero-order valence-corrected chi connectivity index (χ0v) is 14.4. The number of ether oxygens (including phenoxy) is 1. The summed E-state index contributed by atoms with van der Waals surface area (Å²) < 4.78 is 6.30. The van der Waals surface area contributed by atoms with Gasteiger partial charge >= 0.3 is 5.97 Å². The van der Waals surface area contributed by atoms with Gasteiger partial charge < -0.3 is 9.84 Å². The van der Waals surface area contributed by atoms with Crippen LogP contribution >= 0.6 is 15.9 Å². The van der Waals surface area contributed by atoms with E-state index in [4.69, 9.17) is 4.74 Å². The Labute approximate surface area is 134 Å². The molecule has 2 atom stereocenters. The summed E-state index contributed by atoms with van der Waals surface area (Å²) in [6.07, 6.45) is 3.49. The van der Waals surface area contributed by atoms with E-state index in [1.807, 2.05) is 18.2 Å². The topological polar surface area (TPSA) is 46.5 Å². The Kier molecular flexibility index (Phi) is 4.97. The van der Waals surface area contributed by atoms with Crippen molar-refractivity contribution in [3.05, 3.63) is 28.2 Å². The summed E-state index contributed by atoms with van der Waals surface area (Å²) in [5.41, 5.74) is 1.35. The molecule has 1 fully saturated rings. The lowest BCUT2D eigenvalue weighted by Crippen LogP contribution is -2.35. The number of carboxylic acid groups (broad SMARTS) is 1. The molecular formula is C17H23BrO3. The maximum Gasteiger partial charge on any atom is 0.306 e. The lowest BCUT2D eigenvalue weighted by atomic mass is 9.65. The van der Waals surface area contributed by atoms with Crippen LogP contribution in [0.25, 0.3) is 0 Å². The summed E-state index contributed by atoms with van der Waals surface area (Å²) in [6, 6.07) is 5.88. The molecule has 0 radical (unpaired) electrons. The number of aliphatic carboxylic acids is 1. The Morgan fingerprint density at radius 3 is 2.81 bits per heavy atom. The van der Waals surface area contributed by atoms with Crippen LogP contribution in [-0.4, -0.2) is 18.2 Å². The van der Waals surface area contributed by atoms with Gasteiger partial charge in [0.15, 0.2) is 0 Å². The second-order valence-corrected chi connectivity index (χ2v) is 7.63. The maximum absolute atomic E-state index is 11.5. The molecular weight excluding hydrogens is 332 g/mol. The van der Waals surface area contributed by atoms with Crippen LogP contribution in [0.4, 0.5) is 0 Å². The Hall–Kier alpha value is -1.03. The summed E-state index contributed by atoms with van der Waals surface area (Å²) in [7, 11) is 1.65. The van der Waals surface area contributed by atoms with Crippen molar-refractivity contribution in [3.8, 4) is 5.75 Å². The van der Waals surface area contributed by atoms with Crippen molar-refractivity contribution < 1.29 is 14.6 Å². The Morgan fingerprint density at radius 2 is 2.19 bits per heavy atom. The third-order valence-corrected chi connectivity index (χ3v) is 5.34. The van der Waals surface area contributed by atoms with Crippen LogP contribution in [0.1, 0.15) is 38.7 Å². The Morgan fingerprint density at radius 1 is 1.48 bits per heavy atom. The monoisotopic (exact) mass is 354 g/mol. The first-order chi connectivity index (χ1) is 9.82. The molecule has 2 unspecified atom stereocenters. The first kappa shape index (κ1) is 16.3. The number of rotatable bonds is 4. The van der Waals surface area contributed by atoms with E-state index in [2.05, 4.69) is 29.8 Å². The fourth-order valence-electron chi connectivity index (χ4n) is 3.39. The van der Waals surface area contributed by atoms with Crippen molar-refractivity contribution in [3.63, 3.8) is 0 Å².